The van der Waals surface area contributed by atoms with Crippen molar-refractivity contribution >= 4 is 0 Å². The first-order valence-electron chi connectivity index (χ1n) is 2.52. The van der Waals surface area contributed by atoms with Gasteiger partial charge in [0.25, 0.3) is 0 Å². The molecule has 1 atom stereocenters. The largest absolute Gasteiger partial charge is 0.525 e. The molecular formula is C4H5F3NO2. The summed E-state index contributed by atoms with van der Waals surface area (Å²) >= 11 is 0. The van der Waals surface area contributed by atoms with Crippen LogP contribution in [0.4, 0.5) is 13.2 Å². The minimum Gasteiger partial charge on any atom is -0.338 e. The predicted octanol–water partition coefficient (Wildman–Crippen LogP) is 0.588. The van der Waals surface area contributed by atoms with Crippen molar-refractivity contribution in [1.82, 2.24) is 5.32 Å². The molecule has 6 heteroatoms. The molecule has 1 radical (unpaired) electrons. The maximum Gasteiger partial charge on any atom is 0.525 e. The summed E-state index contributed by atoms with van der Waals surface area (Å²) < 4.78 is 41.9. The molecule has 59 valence electrons. The average molecular weight is 156 g/mol. The molecular weight excluding hydrogens is 151 g/mol. The van der Waals surface area contributed by atoms with Gasteiger partial charge in [-0.1, -0.05) is 0 Å². The molecule has 1 aliphatic rings. The molecule has 0 spiro atoms. The second kappa shape index (κ2) is 2.73. The van der Waals surface area contributed by atoms with E-state index in [0.29, 0.717) is 0 Å². The maximum absolute atomic E-state index is 11.4. The highest BCUT2D eigenvalue weighted by atomic mass is 19.4. The summed E-state index contributed by atoms with van der Waals surface area (Å²) in [6.45, 7) is 1.47. The van der Waals surface area contributed by atoms with Crippen LogP contribution in [-0.2, 0) is 9.47 Å². The van der Waals surface area contributed by atoms with Crippen LogP contribution in [0.15, 0.2) is 0 Å². The molecule has 0 saturated carbocycles. The van der Waals surface area contributed by atoms with E-state index in [0.717, 1.165) is 0 Å². The van der Waals surface area contributed by atoms with Crippen LogP contribution in [0.3, 0.4) is 0 Å². The first kappa shape index (κ1) is 7.77. The van der Waals surface area contributed by atoms with Gasteiger partial charge in [-0.25, -0.2) is 4.74 Å². The van der Waals surface area contributed by atoms with Crippen molar-refractivity contribution in [1.29, 1.82) is 0 Å². The van der Waals surface area contributed by atoms with Gasteiger partial charge >= 0.3 is 6.36 Å². The van der Waals surface area contributed by atoms with Crippen LogP contribution in [0, 0.1) is 6.54 Å². The topological polar surface area (TPSA) is 30.5 Å². The fourth-order valence-corrected chi connectivity index (χ4v) is 0.517. The van der Waals surface area contributed by atoms with Gasteiger partial charge in [0.1, 0.15) is 0 Å². The molecule has 1 rings (SSSR count). The zero-order valence-corrected chi connectivity index (χ0v) is 4.81. The molecule has 0 amide bonds. The molecule has 10 heavy (non-hydrogen) atoms. The van der Waals surface area contributed by atoms with E-state index in [1.165, 1.54) is 6.54 Å². The summed E-state index contributed by atoms with van der Waals surface area (Å²) in [5, 5.41) is 2.22. The van der Waals surface area contributed by atoms with Gasteiger partial charge in [-0.05, 0) is 0 Å². The highest BCUT2D eigenvalue weighted by Gasteiger charge is 2.35. The highest BCUT2D eigenvalue weighted by molar-refractivity contribution is 4.66. The third kappa shape index (κ3) is 2.51. The van der Waals surface area contributed by atoms with Crippen molar-refractivity contribution in [2.45, 2.75) is 12.8 Å². The standard InChI is InChI=1S/C4H5F3NO2/c5-4(6,7)10-3-8-1-2-9-3/h1,3,8H,2H2. The Bertz CT molecular complexity index is 110. The van der Waals surface area contributed by atoms with E-state index >= 15 is 0 Å². The van der Waals surface area contributed by atoms with E-state index in [2.05, 4.69) is 14.8 Å². The number of nitrogens with one attached hydrogen (secondary N) is 1. The Morgan fingerprint density at radius 2 is 2.30 bits per heavy atom. The van der Waals surface area contributed by atoms with Gasteiger partial charge in [-0.15, -0.1) is 13.2 Å². The fourth-order valence-electron chi connectivity index (χ4n) is 0.517. The zero-order valence-electron chi connectivity index (χ0n) is 4.81. The van der Waals surface area contributed by atoms with Crippen molar-refractivity contribution in [3.8, 4) is 0 Å². The number of rotatable bonds is 1. The molecule has 1 unspecified atom stereocenters. The Hall–Kier alpha value is -0.330. The first-order valence-corrected chi connectivity index (χ1v) is 2.52. The van der Waals surface area contributed by atoms with Crippen molar-refractivity contribution in [3.63, 3.8) is 0 Å². The third-order valence-electron chi connectivity index (χ3n) is 0.826. The number of alkyl halides is 3. The van der Waals surface area contributed by atoms with Crippen LogP contribution in [0.5, 0.6) is 0 Å². The molecule has 1 saturated heterocycles. The van der Waals surface area contributed by atoms with Crippen molar-refractivity contribution in [2.75, 3.05) is 6.61 Å². The minimum atomic E-state index is -4.64. The van der Waals surface area contributed by atoms with Gasteiger partial charge in [0.05, 0.1) is 13.2 Å². The third-order valence-corrected chi connectivity index (χ3v) is 0.826. The summed E-state index contributed by atoms with van der Waals surface area (Å²) in [6.07, 6.45) is -6.02. The molecule has 0 aromatic heterocycles. The summed E-state index contributed by atoms with van der Waals surface area (Å²) in [4.78, 5) is 0. The Morgan fingerprint density at radius 3 is 2.70 bits per heavy atom. The normalized spacial score (nSPS) is 27.3. The van der Waals surface area contributed by atoms with E-state index < -0.39 is 12.8 Å². The molecule has 1 heterocycles. The lowest BCUT2D eigenvalue weighted by atomic mass is 10.7. The molecule has 1 fully saturated rings. The van der Waals surface area contributed by atoms with Crippen LogP contribution < -0.4 is 5.32 Å². The van der Waals surface area contributed by atoms with Gasteiger partial charge in [0.2, 0.25) is 6.41 Å². The first-order chi connectivity index (χ1) is 4.58. The van der Waals surface area contributed by atoms with Gasteiger partial charge in [0, 0.05) is 0 Å². The van der Waals surface area contributed by atoms with E-state index in [1.54, 1.807) is 0 Å². The molecule has 0 aromatic carbocycles. The van der Waals surface area contributed by atoms with E-state index in [1.807, 2.05) is 0 Å². The number of hydrogen-bond donors (Lipinski definition) is 1. The predicted molar refractivity (Wildman–Crippen MR) is 24.3 cm³/mol. The molecule has 1 N–H and O–H groups in total. The molecule has 0 aliphatic carbocycles. The molecule has 0 aromatic rings. The lowest BCUT2D eigenvalue weighted by Gasteiger charge is -2.12. The summed E-state index contributed by atoms with van der Waals surface area (Å²) in [5.74, 6) is 0. The van der Waals surface area contributed by atoms with Crippen LogP contribution >= 0.6 is 0 Å². The van der Waals surface area contributed by atoms with Crippen LogP contribution in [0.25, 0.3) is 0 Å². The monoisotopic (exact) mass is 156 g/mol. The lowest BCUT2D eigenvalue weighted by molar-refractivity contribution is -0.375. The number of hydrogen-bond acceptors (Lipinski definition) is 3. The van der Waals surface area contributed by atoms with Gasteiger partial charge in [-0.3, -0.25) is 5.32 Å². The Balaban J connectivity index is 2.24. The van der Waals surface area contributed by atoms with Gasteiger partial charge in [0.15, 0.2) is 0 Å². The van der Waals surface area contributed by atoms with Crippen molar-refractivity contribution in [3.05, 3.63) is 6.54 Å². The quantitative estimate of drug-likeness (QED) is 0.602. The molecule has 3 nitrogen and oxygen atoms in total. The number of halogens is 3. The second-order valence-corrected chi connectivity index (χ2v) is 1.60. The van der Waals surface area contributed by atoms with Gasteiger partial charge < -0.3 is 4.74 Å². The summed E-state index contributed by atoms with van der Waals surface area (Å²) in [5.41, 5.74) is 0. The van der Waals surface area contributed by atoms with Crippen LogP contribution in [-0.4, -0.2) is 19.4 Å². The SMILES string of the molecule is FC(F)(F)OC1N[CH]CO1. The summed E-state index contributed by atoms with van der Waals surface area (Å²) in [6, 6.07) is 0. The van der Waals surface area contributed by atoms with Crippen molar-refractivity contribution < 1.29 is 22.6 Å². The van der Waals surface area contributed by atoms with E-state index in [-0.39, 0.29) is 6.61 Å². The average Bonchev–Trinajstić information content (AvgIpc) is 2.12. The summed E-state index contributed by atoms with van der Waals surface area (Å²) in [7, 11) is 0. The van der Waals surface area contributed by atoms with Crippen LogP contribution in [0.1, 0.15) is 0 Å². The second-order valence-electron chi connectivity index (χ2n) is 1.60. The van der Waals surface area contributed by atoms with E-state index in [4.69, 9.17) is 0 Å². The Morgan fingerprint density at radius 1 is 1.60 bits per heavy atom. The molecule has 0 bridgehead atoms. The van der Waals surface area contributed by atoms with Crippen LogP contribution in [0.2, 0.25) is 0 Å². The maximum atomic E-state index is 11.4. The Labute approximate surface area is 55.1 Å². The fraction of sp³-hybridized carbons (Fsp3) is 0.750. The lowest BCUT2D eigenvalue weighted by Crippen LogP contribution is -2.31. The zero-order chi connectivity index (χ0) is 7.61. The van der Waals surface area contributed by atoms with Gasteiger partial charge in [-0.2, -0.15) is 0 Å². The minimum absolute atomic E-state index is 0.126. The van der Waals surface area contributed by atoms with Crippen molar-refractivity contribution in [2.24, 2.45) is 0 Å². The Kier molecular flexibility index (Phi) is 2.12. The molecule has 1 aliphatic heterocycles. The highest BCUT2D eigenvalue weighted by Crippen LogP contribution is 2.19. The smallest absolute Gasteiger partial charge is 0.338 e. The number of ether oxygens (including phenoxy) is 2. The van der Waals surface area contributed by atoms with E-state index in [9.17, 15) is 13.2 Å².